The van der Waals surface area contributed by atoms with Crippen LogP contribution in [0.5, 0.6) is 0 Å². The third kappa shape index (κ3) is 1.75. The van der Waals surface area contributed by atoms with E-state index in [1.807, 2.05) is 0 Å². The minimum Gasteiger partial charge on any atom is -0.461 e. The van der Waals surface area contributed by atoms with Crippen LogP contribution in [0.3, 0.4) is 0 Å². The van der Waals surface area contributed by atoms with Crippen LogP contribution in [-0.2, 0) is 19.1 Å². The van der Waals surface area contributed by atoms with Crippen molar-refractivity contribution in [3.8, 4) is 0 Å². The van der Waals surface area contributed by atoms with Gasteiger partial charge in [-0.1, -0.05) is 0 Å². The Kier molecular flexibility index (Phi) is 2.79. The maximum Gasteiger partial charge on any atom is 0.302 e. The van der Waals surface area contributed by atoms with Crippen molar-refractivity contribution < 1.29 is 29.3 Å². The van der Waals surface area contributed by atoms with E-state index in [9.17, 15) is 14.7 Å². The number of fused-ring (bicyclic) bond motifs is 1. The molecule has 1 aliphatic heterocycles. The smallest absolute Gasteiger partial charge is 0.302 e. The Hall–Kier alpha value is -1.24. The molecule has 2 N–H and O–H groups in total. The molecule has 6 heteroatoms. The molecule has 1 saturated heterocycles. The fraction of sp³-hybridized carbons (Fsp3) is 0.600. The van der Waals surface area contributed by atoms with Crippen molar-refractivity contribution in [1.82, 2.24) is 0 Å². The number of epoxide rings is 1. The Bertz CT molecular complexity index is 372. The van der Waals surface area contributed by atoms with E-state index in [2.05, 4.69) is 0 Å². The zero-order chi connectivity index (χ0) is 11.9. The lowest BCUT2D eigenvalue weighted by atomic mass is 9.89. The van der Waals surface area contributed by atoms with E-state index in [1.165, 1.54) is 6.92 Å². The molecule has 0 amide bonds. The molecule has 0 aromatic rings. The summed E-state index contributed by atoms with van der Waals surface area (Å²) in [5.74, 6) is -0.841. The summed E-state index contributed by atoms with van der Waals surface area (Å²) >= 11 is 0. The molecule has 0 saturated carbocycles. The largest absolute Gasteiger partial charge is 0.461 e. The zero-order valence-corrected chi connectivity index (χ0v) is 8.67. The average Bonchev–Trinajstić information content (AvgIpc) is 3.01. The average molecular weight is 228 g/mol. The molecule has 3 atom stereocenters. The number of ketones is 1. The van der Waals surface area contributed by atoms with Crippen LogP contribution < -0.4 is 0 Å². The number of aliphatic hydroxyl groups is 2. The maximum atomic E-state index is 11.7. The SMILES string of the molecule is CC(=O)OCC1=C(CO)[C@@H](O)[C@@H]2O[C@@H]2C1=O. The molecule has 0 bridgehead atoms. The molecule has 2 rings (SSSR count). The monoisotopic (exact) mass is 228 g/mol. The van der Waals surface area contributed by atoms with Crippen LogP contribution in [0.15, 0.2) is 11.1 Å². The molecule has 0 aromatic carbocycles. The number of hydrogen-bond acceptors (Lipinski definition) is 6. The minimum atomic E-state index is -0.988. The summed E-state index contributed by atoms with van der Waals surface area (Å²) in [6.45, 7) is 0.545. The van der Waals surface area contributed by atoms with Gasteiger partial charge in [-0.2, -0.15) is 0 Å². The molecule has 2 aliphatic rings. The Morgan fingerprint density at radius 1 is 1.56 bits per heavy atom. The number of rotatable bonds is 3. The standard InChI is InChI=1S/C10H12O6/c1-4(12)15-3-6-5(2-11)7(13)9-10(16-9)8(6)14/h7,9-11,13H,2-3H2,1H3/t7-,9+,10-/m1/s1. The molecule has 0 radical (unpaired) electrons. The Morgan fingerprint density at radius 3 is 2.81 bits per heavy atom. The van der Waals surface area contributed by atoms with Crippen LogP contribution in [0.25, 0.3) is 0 Å². The van der Waals surface area contributed by atoms with Crippen molar-refractivity contribution >= 4 is 11.8 Å². The number of carbonyl (C=O) groups is 2. The van der Waals surface area contributed by atoms with Crippen molar-refractivity contribution in [2.45, 2.75) is 25.2 Å². The van der Waals surface area contributed by atoms with Gasteiger partial charge >= 0.3 is 5.97 Å². The molecule has 16 heavy (non-hydrogen) atoms. The molecule has 6 nitrogen and oxygen atoms in total. The minimum absolute atomic E-state index is 0.143. The quantitative estimate of drug-likeness (QED) is 0.453. The number of esters is 1. The second kappa shape index (κ2) is 3.97. The number of aliphatic hydroxyl groups excluding tert-OH is 2. The Morgan fingerprint density at radius 2 is 2.25 bits per heavy atom. The van der Waals surface area contributed by atoms with Crippen LogP contribution in [0.4, 0.5) is 0 Å². The predicted octanol–water partition coefficient (Wildman–Crippen LogP) is -1.45. The van der Waals surface area contributed by atoms with Crippen LogP contribution >= 0.6 is 0 Å². The fourth-order valence-corrected chi connectivity index (χ4v) is 1.81. The van der Waals surface area contributed by atoms with E-state index in [4.69, 9.17) is 14.6 Å². The lowest BCUT2D eigenvalue weighted by molar-refractivity contribution is -0.140. The molecular weight excluding hydrogens is 216 g/mol. The topological polar surface area (TPSA) is 96.4 Å². The first-order chi connectivity index (χ1) is 7.56. The van der Waals surface area contributed by atoms with Gasteiger partial charge in [-0.15, -0.1) is 0 Å². The van der Waals surface area contributed by atoms with Gasteiger partial charge in [0.2, 0.25) is 0 Å². The van der Waals surface area contributed by atoms with E-state index < -0.39 is 30.9 Å². The van der Waals surface area contributed by atoms with Crippen LogP contribution in [0.1, 0.15) is 6.92 Å². The highest BCUT2D eigenvalue weighted by Crippen LogP contribution is 2.37. The second-order valence-electron chi connectivity index (χ2n) is 3.77. The normalized spacial score (nSPS) is 32.4. The van der Waals surface area contributed by atoms with Gasteiger partial charge < -0.3 is 19.7 Å². The summed E-state index contributed by atoms with van der Waals surface area (Å²) < 4.78 is 9.68. The van der Waals surface area contributed by atoms with E-state index in [-0.39, 0.29) is 23.5 Å². The molecule has 88 valence electrons. The highest BCUT2D eigenvalue weighted by atomic mass is 16.6. The van der Waals surface area contributed by atoms with Crippen LogP contribution in [0.2, 0.25) is 0 Å². The molecule has 1 heterocycles. The molecular formula is C10H12O6. The first-order valence-corrected chi connectivity index (χ1v) is 4.90. The second-order valence-corrected chi connectivity index (χ2v) is 3.77. The highest BCUT2D eigenvalue weighted by molar-refractivity contribution is 6.03. The molecule has 0 unspecified atom stereocenters. The Labute approximate surface area is 91.5 Å². The number of hydrogen-bond donors (Lipinski definition) is 2. The van der Waals surface area contributed by atoms with Gasteiger partial charge in [0.05, 0.1) is 6.61 Å². The van der Waals surface area contributed by atoms with E-state index in [0.717, 1.165) is 0 Å². The van der Waals surface area contributed by atoms with Gasteiger partial charge in [0.15, 0.2) is 5.78 Å². The number of Topliss-reactive ketones (excluding diaryl/α,β-unsaturated/α-hetero) is 1. The van der Waals surface area contributed by atoms with E-state index in [0.29, 0.717) is 0 Å². The maximum absolute atomic E-state index is 11.7. The van der Waals surface area contributed by atoms with Crippen molar-refractivity contribution in [2.75, 3.05) is 13.2 Å². The highest BCUT2D eigenvalue weighted by Gasteiger charge is 2.55. The Balaban J connectivity index is 2.21. The van der Waals surface area contributed by atoms with Gasteiger partial charge in [0.1, 0.15) is 24.9 Å². The van der Waals surface area contributed by atoms with Gasteiger partial charge in [-0.3, -0.25) is 9.59 Å². The number of ether oxygens (including phenoxy) is 2. The van der Waals surface area contributed by atoms with Gasteiger partial charge in [-0.25, -0.2) is 0 Å². The number of carbonyl (C=O) groups excluding carboxylic acids is 2. The molecule has 1 fully saturated rings. The lowest BCUT2D eigenvalue weighted by Crippen LogP contribution is -2.34. The summed E-state index contributed by atoms with van der Waals surface area (Å²) in [5.41, 5.74) is 0.328. The van der Waals surface area contributed by atoms with Crippen molar-refractivity contribution in [3.05, 3.63) is 11.1 Å². The van der Waals surface area contributed by atoms with Crippen molar-refractivity contribution in [1.29, 1.82) is 0 Å². The van der Waals surface area contributed by atoms with Gasteiger partial charge in [-0.05, 0) is 5.57 Å². The molecule has 1 aliphatic carbocycles. The predicted molar refractivity (Wildman–Crippen MR) is 50.4 cm³/mol. The van der Waals surface area contributed by atoms with Crippen LogP contribution in [-0.4, -0.2) is 53.5 Å². The lowest BCUT2D eigenvalue weighted by Gasteiger charge is -2.19. The summed E-state index contributed by atoms with van der Waals surface area (Å²) in [6, 6.07) is 0. The summed E-state index contributed by atoms with van der Waals surface area (Å²) in [4.78, 5) is 22.3. The van der Waals surface area contributed by atoms with Crippen molar-refractivity contribution in [2.24, 2.45) is 0 Å². The summed E-state index contributed by atoms with van der Waals surface area (Å²) in [5, 5.41) is 18.8. The van der Waals surface area contributed by atoms with Crippen molar-refractivity contribution in [3.63, 3.8) is 0 Å². The van der Waals surface area contributed by atoms with Gasteiger partial charge in [0.25, 0.3) is 0 Å². The first kappa shape index (κ1) is 11.3. The third-order valence-electron chi connectivity index (χ3n) is 2.73. The van der Waals surface area contributed by atoms with E-state index >= 15 is 0 Å². The van der Waals surface area contributed by atoms with Gasteiger partial charge in [0, 0.05) is 12.5 Å². The molecule has 0 spiro atoms. The summed E-state index contributed by atoms with van der Waals surface area (Å²) in [7, 11) is 0. The summed E-state index contributed by atoms with van der Waals surface area (Å²) in [6.07, 6.45) is -2.18. The third-order valence-corrected chi connectivity index (χ3v) is 2.73. The fourth-order valence-electron chi connectivity index (χ4n) is 1.81. The zero-order valence-electron chi connectivity index (χ0n) is 8.67. The molecule has 0 aromatic heterocycles. The van der Waals surface area contributed by atoms with Crippen LogP contribution in [0, 0.1) is 0 Å². The first-order valence-electron chi connectivity index (χ1n) is 4.90. The van der Waals surface area contributed by atoms with E-state index in [1.54, 1.807) is 0 Å².